The van der Waals surface area contributed by atoms with E-state index in [1.807, 2.05) is 12.1 Å². The van der Waals surface area contributed by atoms with Crippen LogP contribution in [0.5, 0.6) is 0 Å². The van der Waals surface area contributed by atoms with Gasteiger partial charge in [0.2, 0.25) is 0 Å². The van der Waals surface area contributed by atoms with Crippen molar-refractivity contribution in [2.45, 2.75) is 19.6 Å². The quantitative estimate of drug-likeness (QED) is 0.654. The van der Waals surface area contributed by atoms with E-state index in [-0.39, 0.29) is 21.7 Å². The molecule has 25 heavy (non-hydrogen) atoms. The highest BCUT2D eigenvalue weighted by Crippen LogP contribution is 2.46. The molecule has 0 fully saturated rings. The van der Waals surface area contributed by atoms with Crippen molar-refractivity contribution in [2.75, 3.05) is 5.73 Å². The molecule has 3 rings (SSSR count). The zero-order valence-electron chi connectivity index (χ0n) is 13.3. The third kappa shape index (κ3) is 3.01. The first-order chi connectivity index (χ1) is 11.7. The summed E-state index contributed by atoms with van der Waals surface area (Å²) in [7, 11) is 0. The van der Waals surface area contributed by atoms with Crippen molar-refractivity contribution in [3.05, 3.63) is 52.4 Å². The number of carbonyl (C=O) groups excluding carboxylic acids is 1. The molecule has 4 N–H and O–H groups in total. The van der Waals surface area contributed by atoms with Crippen molar-refractivity contribution in [2.24, 2.45) is 5.73 Å². The summed E-state index contributed by atoms with van der Waals surface area (Å²) in [5, 5.41) is -0.108. The molecule has 0 amide bonds. The minimum Gasteiger partial charge on any atom is -0.397 e. The molecule has 0 aliphatic carbocycles. The van der Waals surface area contributed by atoms with Crippen LogP contribution in [0.3, 0.4) is 0 Å². The van der Waals surface area contributed by atoms with Gasteiger partial charge in [0, 0.05) is 23.6 Å². The normalized spacial score (nSPS) is 11.9. The Balaban J connectivity index is 2.34. The SMILES string of the molecule is CC(=O)c1sc2c(-c3ccc(CN)cc3)ccc(C(F)(F)F)c2c1N. The predicted octanol–water partition coefficient (Wildman–Crippen LogP) is 4.83. The van der Waals surface area contributed by atoms with E-state index in [0.717, 1.165) is 28.5 Å². The minimum atomic E-state index is -4.55. The van der Waals surface area contributed by atoms with Gasteiger partial charge in [0.25, 0.3) is 0 Å². The number of rotatable bonds is 3. The van der Waals surface area contributed by atoms with E-state index in [1.165, 1.54) is 13.0 Å². The summed E-state index contributed by atoms with van der Waals surface area (Å²) >= 11 is 0.994. The maximum atomic E-state index is 13.4. The second-order valence-electron chi connectivity index (χ2n) is 5.66. The number of thiophene rings is 1. The average molecular weight is 364 g/mol. The molecular weight excluding hydrogens is 349 g/mol. The molecule has 3 aromatic rings. The maximum Gasteiger partial charge on any atom is 0.417 e. The van der Waals surface area contributed by atoms with Crippen LogP contribution in [0.1, 0.15) is 27.7 Å². The Hall–Kier alpha value is -2.38. The summed E-state index contributed by atoms with van der Waals surface area (Å²) in [4.78, 5) is 11.9. The Morgan fingerprint density at radius 2 is 1.76 bits per heavy atom. The van der Waals surface area contributed by atoms with Crippen LogP contribution in [0.25, 0.3) is 21.2 Å². The van der Waals surface area contributed by atoms with Gasteiger partial charge in [0.1, 0.15) is 0 Å². The molecule has 0 saturated heterocycles. The molecule has 7 heteroatoms. The monoisotopic (exact) mass is 364 g/mol. The number of anilines is 1. The third-order valence-corrected chi connectivity index (χ3v) is 5.34. The van der Waals surface area contributed by atoms with Crippen molar-refractivity contribution in [1.82, 2.24) is 0 Å². The molecule has 0 unspecified atom stereocenters. The average Bonchev–Trinajstić information content (AvgIpc) is 2.91. The summed E-state index contributed by atoms with van der Waals surface area (Å²) in [6, 6.07) is 9.68. The summed E-state index contributed by atoms with van der Waals surface area (Å²) in [5.41, 5.74) is 12.8. The fourth-order valence-corrected chi connectivity index (χ4v) is 3.95. The van der Waals surface area contributed by atoms with Crippen LogP contribution < -0.4 is 11.5 Å². The Morgan fingerprint density at radius 3 is 2.28 bits per heavy atom. The van der Waals surface area contributed by atoms with Crippen molar-refractivity contribution in [3.63, 3.8) is 0 Å². The number of hydrogen-bond acceptors (Lipinski definition) is 4. The first-order valence-electron chi connectivity index (χ1n) is 7.46. The van der Waals surface area contributed by atoms with Gasteiger partial charge in [0.05, 0.1) is 16.1 Å². The topological polar surface area (TPSA) is 69.1 Å². The van der Waals surface area contributed by atoms with Gasteiger partial charge in [0.15, 0.2) is 5.78 Å². The van der Waals surface area contributed by atoms with Crippen molar-refractivity contribution < 1.29 is 18.0 Å². The smallest absolute Gasteiger partial charge is 0.397 e. The molecular formula is C18H15F3N2OS. The molecule has 2 aromatic carbocycles. The van der Waals surface area contributed by atoms with E-state index < -0.39 is 11.7 Å². The first-order valence-corrected chi connectivity index (χ1v) is 8.28. The van der Waals surface area contributed by atoms with Gasteiger partial charge in [-0.3, -0.25) is 4.79 Å². The Morgan fingerprint density at radius 1 is 1.12 bits per heavy atom. The minimum absolute atomic E-state index is 0.108. The van der Waals surface area contributed by atoms with E-state index in [1.54, 1.807) is 12.1 Å². The highest BCUT2D eigenvalue weighted by atomic mass is 32.1. The van der Waals surface area contributed by atoms with Gasteiger partial charge < -0.3 is 11.5 Å². The molecule has 0 aliphatic heterocycles. The number of hydrogen-bond donors (Lipinski definition) is 2. The van der Waals surface area contributed by atoms with Gasteiger partial charge in [-0.1, -0.05) is 30.3 Å². The van der Waals surface area contributed by atoms with Gasteiger partial charge in [-0.05, 0) is 22.8 Å². The molecule has 0 radical (unpaired) electrons. The summed E-state index contributed by atoms with van der Waals surface area (Å²) in [6.07, 6.45) is -4.55. The lowest BCUT2D eigenvalue weighted by atomic mass is 9.98. The molecule has 1 aromatic heterocycles. The van der Waals surface area contributed by atoms with Crippen LogP contribution in [-0.2, 0) is 12.7 Å². The number of benzene rings is 2. The third-order valence-electron chi connectivity index (χ3n) is 4.00. The molecule has 130 valence electrons. The lowest BCUT2D eigenvalue weighted by Gasteiger charge is -2.12. The number of nitrogen functional groups attached to an aromatic ring is 1. The van der Waals surface area contributed by atoms with Crippen LogP contribution in [0.2, 0.25) is 0 Å². The zero-order chi connectivity index (χ0) is 18.4. The van der Waals surface area contributed by atoms with Crippen LogP contribution in [0, 0.1) is 0 Å². The zero-order valence-corrected chi connectivity index (χ0v) is 14.1. The van der Waals surface area contributed by atoms with Crippen LogP contribution in [0.15, 0.2) is 36.4 Å². The lowest BCUT2D eigenvalue weighted by Crippen LogP contribution is -2.06. The number of halogens is 3. The van der Waals surface area contributed by atoms with E-state index >= 15 is 0 Å². The maximum absolute atomic E-state index is 13.4. The largest absolute Gasteiger partial charge is 0.417 e. The standard InChI is InChI=1S/C18H15F3N2OS/c1-9(24)16-15(23)14-13(18(19,20)21)7-6-12(17(14)25-16)11-4-2-10(8-22)3-5-11/h2-7H,8,22-23H2,1H3. The van der Waals surface area contributed by atoms with Crippen LogP contribution in [-0.4, -0.2) is 5.78 Å². The molecule has 0 spiro atoms. The molecule has 3 nitrogen and oxygen atoms in total. The van der Waals surface area contributed by atoms with E-state index in [0.29, 0.717) is 16.8 Å². The van der Waals surface area contributed by atoms with Crippen LogP contribution in [0.4, 0.5) is 18.9 Å². The molecule has 0 bridgehead atoms. The number of fused-ring (bicyclic) bond motifs is 1. The lowest BCUT2D eigenvalue weighted by molar-refractivity contribution is -0.136. The van der Waals surface area contributed by atoms with Gasteiger partial charge >= 0.3 is 6.18 Å². The van der Waals surface area contributed by atoms with Crippen molar-refractivity contribution in [1.29, 1.82) is 0 Å². The number of carbonyl (C=O) groups is 1. The Bertz CT molecular complexity index is 959. The highest BCUT2D eigenvalue weighted by molar-refractivity contribution is 7.22. The first kappa shape index (κ1) is 17.4. The van der Waals surface area contributed by atoms with Gasteiger partial charge in [-0.2, -0.15) is 13.2 Å². The Kier molecular flexibility index (Phi) is 4.30. The summed E-state index contributed by atoms with van der Waals surface area (Å²) < 4.78 is 40.5. The van der Waals surface area contributed by atoms with E-state index in [4.69, 9.17) is 11.5 Å². The second kappa shape index (κ2) is 6.16. The highest BCUT2D eigenvalue weighted by Gasteiger charge is 2.35. The van der Waals surface area contributed by atoms with Crippen molar-refractivity contribution >= 4 is 32.9 Å². The van der Waals surface area contributed by atoms with Gasteiger partial charge in [-0.25, -0.2) is 0 Å². The fourth-order valence-electron chi connectivity index (χ4n) is 2.77. The molecule has 0 saturated carbocycles. The number of ketones is 1. The fraction of sp³-hybridized carbons (Fsp3) is 0.167. The van der Waals surface area contributed by atoms with E-state index in [2.05, 4.69) is 0 Å². The Labute approximate surface area is 146 Å². The second-order valence-corrected chi connectivity index (χ2v) is 6.69. The summed E-state index contributed by atoms with van der Waals surface area (Å²) in [6.45, 7) is 1.67. The van der Waals surface area contributed by atoms with Crippen molar-refractivity contribution in [3.8, 4) is 11.1 Å². The molecule has 0 atom stereocenters. The van der Waals surface area contributed by atoms with Gasteiger partial charge in [-0.15, -0.1) is 11.3 Å². The number of alkyl halides is 3. The van der Waals surface area contributed by atoms with Crippen LogP contribution >= 0.6 is 11.3 Å². The summed E-state index contributed by atoms with van der Waals surface area (Å²) in [5.74, 6) is -0.351. The predicted molar refractivity (Wildman–Crippen MR) is 94.6 cm³/mol. The number of nitrogens with two attached hydrogens (primary N) is 2. The molecule has 0 aliphatic rings. The number of Topliss-reactive ketones (excluding diaryl/α,β-unsaturated/α-hetero) is 1. The van der Waals surface area contributed by atoms with E-state index in [9.17, 15) is 18.0 Å². The molecule has 1 heterocycles.